The Balaban J connectivity index is 1.53. The summed E-state index contributed by atoms with van der Waals surface area (Å²) < 4.78 is 73.5. The summed E-state index contributed by atoms with van der Waals surface area (Å²) in [6, 6.07) is 16.0. The number of methoxy groups -OCH3 is 1. The van der Waals surface area contributed by atoms with Crippen LogP contribution >= 0.6 is 11.3 Å². The van der Waals surface area contributed by atoms with Crippen LogP contribution in [-0.2, 0) is 23.2 Å². The fourth-order valence-corrected chi connectivity index (χ4v) is 5.72. The van der Waals surface area contributed by atoms with Crippen molar-refractivity contribution in [1.82, 2.24) is 9.78 Å². The lowest BCUT2D eigenvalue weighted by Gasteiger charge is -2.14. The van der Waals surface area contributed by atoms with E-state index in [0.717, 1.165) is 22.1 Å². The van der Waals surface area contributed by atoms with Crippen molar-refractivity contribution in [2.75, 3.05) is 22.5 Å². The average Bonchev–Trinajstić information content (AvgIpc) is 3.47. The van der Waals surface area contributed by atoms with E-state index in [2.05, 4.69) is 20.5 Å². The van der Waals surface area contributed by atoms with Crippen LogP contribution in [0.2, 0.25) is 0 Å². The van der Waals surface area contributed by atoms with Gasteiger partial charge in [-0.2, -0.15) is 18.3 Å². The van der Waals surface area contributed by atoms with E-state index >= 15 is 0 Å². The van der Waals surface area contributed by atoms with Gasteiger partial charge in [-0.1, -0.05) is 18.2 Å². The number of anilines is 3. The molecule has 0 aliphatic rings. The first-order valence-corrected chi connectivity index (χ1v) is 12.8. The maximum absolute atomic E-state index is 13.0. The second kappa shape index (κ2) is 10.1. The van der Waals surface area contributed by atoms with Crippen molar-refractivity contribution in [2.24, 2.45) is 7.05 Å². The number of amides is 2. The molecule has 0 aliphatic carbocycles. The van der Waals surface area contributed by atoms with E-state index in [1.165, 1.54) is 44.5 Å². The van der Waals surface area contributed by atoms with Gasteiger partial charge in [0.15, 0.2) is 5.69 Å². The summed E-state index contributed by atoms with van der Waals surface area (Å²) in [6.45, 7) is 0. The molecule has 0 unspecified atom stereocenters. The number of hydrogen-bond donors (Lipinski definition) is 3. The van der Waals surface area contributed by atoms with Crippen molar-refractivity contribution >= 4 is 44.5 Å². The lowest BCUT2D eigenvalue weighted by Crippen LogP contribution is -2.20. The number of nitrogens with one attached hydrogen (secondary N) is 3. The number of alkyl halides is 3. The summed E-state index contributed by atoms with van der Waals surface area (Å²) in [6.07, 6.45) is -4.62. The molecule has 0 radical (unpaired) electrons. The van der Waals surface area contributed by atoms with Gasteiger partial charge in [-0.15, -0.1) is 11.3 Å². The standard InChI is InChI=1S/C23H20F3N5O4S2/c1-31-17(13-20(29-31)23(24,25)26)19-10-11-21(36-19)37(33,34)30-15-8-9-18(35-2)16(12-15)28-22(32)27-14-6-4-3-5-7-14/h3-13,30H,1-2H3,(H2,27,28,32). The molecule has 0 saturated carbocycles. The van der Waals surface area contributed by atoms with Crippen LogP contribution in [-0.4, -0.2) is 31.3 Å². The maximum Gasteiger partial charge on any atom is 0.435 e. The lowest BCUT2D eigenvalue weighted by molar-refractivity contribution is -0.141. The van der Waals surface area contributed by atoms with Gasteiger partial charge in [-0.25, -0.2) is 13.2 Å². The Kier molecular flexibility index (Phi) is 7.14. The molecule has 0 spiro atoms. The van der Waals surface area contributed by atoms with Gasteiger partial charge in [0, 0.05) is 12.7 Å². The van der Waals surface area contributed by atoms with Crippen LogP contribution in [0.25, 0.3) is 10.6 Å². The number of hydrogen-bond acceptors (Lipinski definition) is 6. The molecule has 0 saturated heterocycles. The molecule has 2 amide bonds. The number of thiophene rings is 1. The number of benzene rings is 2. The first-order valence-electron chi connectivity index (χ1n) is 10.5. The number of rotatable bonds is 7. The number of halogens is 3. The van der Waals surface area contributed by atoms with Crippen molar-refractivity contribution in [2.45, 2.75) is 10.4 Å². The molecule has 0 atom stereocenters. The lowest BCUT2D eigenvalue weighted by atomic mass is 10.2. The quantitative estimate of drug-likeness (QED) is 0.276. The van der Waals surface area contributed by atoms with E-state index in [9.17, 15) is 26.4 Å². The van der Waals surface area contributed by atoms with Crippen molar-refractivity contribution in [3.05, 3.63) is 72.4 Å². The van der Waals surface area contributed by atoms with Gasteiger partial charge < -0.3 is 15.4 Å². The van der Waals surface area contributed by atoms with Crippen molar-refractivity contribution in [1.29, 1.82) is 0 Å². The predicted octanol–water partition coefficient (Wildman–Crippen LogP) is 5.62. The SMILES string of the molecule is COc1ccc(NS(=O)(=O)c2ccc(-c3cc(C(F)(F)F)nn3C)s2)cc1NC(=O)Nc1ccccc1. The first kappa shape index (κ1) is 26.0. The highest BCUT2D eigenvalue weighted by molar-refractivity contribution is 7.94. The Bertz CT molecular complexity index is 1530. The van der Waals surface area contributed by atoms with Crippen LogP contribution < -0.4 is 20.1 Å². The number of aromatic nitrogens is 2. The molecule has 9 nitrogen and oxygen atoms in total. The van der Waals surface area contributed by atoms with Crippen molar-refractivity contribution < 1.29 is 31.1 Å². The fraction of sp³-hybridized carbons (Fsp3) is 0.130. The third-order valence-electron chi connectivity index (χ3n) is 5.00. The van der Waals surface area contributed by atoms with E-state index in [1.807, 2.05) is 0 Å². The number of urea groups is 1. The monoisotopic (exact) mass is 551 g/mol. The minimum atomic E-state index is -4.62. The summed E-state index contributed by atoms with van der Waals surface area (Å²) in [7, 11) is -1.36. The molecule has 0 fully saturated rings. The zero-order valence-corrected chi connectivity index (χ0v) is 21.0. The molecule has 2 aromatic carbocycles. The molecule has 0 bridgehead atoms. The van der Waals surface area contributed by atoms with Crippen molar-refractivity contribution in [3.8, 4) is 16.3 Å². The first-order chi connectivity index (χ1) is 17.5. The second-order valence-electron chi connectivity index (χ2n) is 7.62. The summed E-state index contributed by atoms with van der Waals surface area (Å²) in [5, 5.41) is 8.72. The van der Waals surface area contributed by atoms with Gasteiger partial charge in [0.25, 0.3) is 10.0 Å². The van der Waals surface area contributed by atoms with Crippen LogP contribution in [0, 0.1) is 0 Å². The zero-order valence-electron chi connectivity index (χ0n) is 19.3. The molecule has 37 heavy (non-hydrogen) atoms. The maximum atomic E-state index is 13.0. The minimum absolute atomic E-state index is 0.121. The third kappa shape index (κ3) is 6.03. The smallest absolute Gasteiger partial charge is 0.435 e. The highest BCUT2D eigenvalue weighted by atomic mass is 32.2. The van der Waals surface area contributed by atoms with Crippen LogP contribution in [0.3, 0.4) is 0 Å². The van der Waals surface area contributed by atoms with Gasteiger partial charge in [0.2, 0.25) is 0 Å². The van der Waals surface area contributed by atoms with Gasteiger partial charge in [-0.05, 0) is 48.5 Å². The Morgan fingerprint density at radius 3 is 2.38 bits per heavy atom. The highest BCUT2D eigenvalue weighted by Gasteiger charge is 2.35. The van der Waals surface area contributed by atoms with Gasteiger partial charge >= 0.3 is 12.2 Å². The van der Waals surface area contributed by atoms with Crippen LogP contribution in [0.5, 0.6) is 5.75 Å². The number of carbonyl (C=O) groups is 1. The third-order valence-corrected chi connectivity index (χ3v) is 7.98. The number of carbonyl (C=O) groups excluding carboxylic acids is 1. The molecule has 3 N–H and O–H groups in total. The topological polar surface area (TPSA) is 114 Å². The Morgan fingerprint density at radius 2 is 1.73 bits per heavy atom. The molecule has 2 heterocycles. The average molecular weight is 552 g/mol. The molecular formula is C23H20F3N5O4S2. The summed E-state index contributed by atoms with van der Waals surface area (Å²) in [4.78, 5) is 12.7. The van der Waals surface area contributed by atoms with Crippen molar-refractivity contribution in [3.63, 3.8) is 0 Å². The van der Waals surface area contributed by atoms with E-state index < -0.39 is 27.9 Å². The van der Waals surface area contributed by atoms with Crippen LogP contribution in [0.15, 0.2) is 70.9 Å². The van der Waals surface area contributed by atoms with E-state index in [0.29, 0.717) is 16.3 Å². The summed E-state index contributed by atoms with van der Waals surface area (Å²) >= 11 is 0.791. The van der Waals surface area contributed by atoms with E-state index in [4.69, 9.17) is 4.74 Å². The largest absolute Gasteiger partial charge is 0.495 e. The molecule has 0 aliphatic heterocycles. The van der Waals surface area contributed by atoms with Gasteiger partial charge in [0.1, 0.15) is 9.96 Å². The zero-order chi connectivity index (χ0) is 26.8. The summed E-state index contributed by atoms with van der Waals surface area (Å²) in [5.41, 5.74) is -0.0575. The van der Waals surface area contributed by atoms with Crippen LogP contribution in [0.1, 0.15) is 5.69 Å². The Hall–Kier alpha value is -4.04. The molecule has 194 valence electrons. The van der Waals surface area contributed by atoms with E-state index in [1.54, 1.807) is 30.3 Å². The van der Waals surface area contributed by atoms with Gasteiger partial charge in [-0.3, -0.25) is 9.40 Å². The number of nitrogens with zero attached hydrogens (tertiary/aromatic N) is 2. The Labute approximate surface area is 213 Å². The molecular weight excluding hydrogens is 531 g/mol. The summed E-state index contributed by atoms with van der Waals surface area (Å²) in [5.74, 6) is 0.293. The molecule has 4 aromatic rings. The minimum Gasteiger partial charge on any atom is -0.495 e. The molecule has 14 heteroatoms. The van der Waals surface area contributed by atoms with Crippen LogP contribution in [0.4, 0.5) is 35.0 Å². The number of para-hydroxylation sites is 1. The molecule has 2 aromatic heterocycles. The van der Waals surface area contributed by atoms with Gasteiger partial charge in [0.05, 0.1) is 29.1 Å². The second-order valence-corrected chi connectivity index (χ2v) is 10.6. The normalized spacial score (nSPS) is 11.7. The van der Waals surface area contributed by atoms with E-state index in [-0.39, 0.29) is 21.3 Å². The highest BCUT2D eigenvalue weighted by Crippen LogP contribution is 2.36. The molecule has 4 rings (SSSR count). The number of ether oxygens (including phenoxy) is 1. The fourth-order valence-electron chi connectivity index (χ4n) is 3.32. The number of aryl methyl sites for hydroxylation is 1. The Morgan fingerprint density at radius 1 is 1.00 bits per heavy atom. The predicted molar refractivity (Wildman–Crippen MR) is 134 cm³/mol. The number of sulfonamides is 1.